The number of thiazole rings is 1. The minimum absolute atomic E-state index is 0.00831. The molecular formula is C19H23N3O4S. The summed E-state index contributed by atoms with van der Waals surface area (Å²) in [5.41, 5.74) is 0.848. The molecule has 2 amide bonds. The minimum Gasteiger partial charge on any atom is -0.462 e. The first kappa shape index (κ1) is 19.3. The first-order valence-corrected chi connectivity index (χ1v) is 9.69. The molecule has 1 atom stereocenters. The Morgan fingerprint density at radius 1 is 1.37 bits per heavy atom. The predicted molar refractivity (Wildman–Crippen MR) is 104 cm³/mol. The van der Waals surface area contributed by atoms with E-state index >= 15 is 0 Å². The van der Waals surface area contributed by atoms with E-state index < -0.39 is 0 Å². The molecule has 0 radical (unpaired) electrons. The van der Waals surface area contributed by atoms with E-state index in [1.54, 1.807) is 30.0 Å². The van der Waals surface area contributed by atoms with Gasteiger partial charge in [0.1, 0.15) is 0 Å². The Hall–Kier alpha value is -2.48. The van der Waals surface area contributed by atoms with Crippen LogP contribution in [0.15, 0.2) is 18.2 Å². The molecular weight excluding hydrogens is 366 g/mol. The predicted octanol–water partition coefficient (Wildman–Crippen LogP) is 3.06. The van der Waals surface area contributed by atoms with Crippen LogP contribution in [0, 0.1) is 5.92 Å². The highest BCUT2D eigenvalue weighted by molar-refractivity contribution is 7.22. The van der Waals surface area contributed by atoms with E-state index in [1.165, 1.54) is 11.3 Å². The number of esters is 1. The molecule has 8 heteroatoms. The summed E-state index contributed by atoms with van der Waals surface area (Å²) in [7, 11) is 0. The van der Waals surface area contributed by atoms with E-state index in [0.717, 1.165) is 4.70 Å². The Balaban J connectivity index is 1.72. The second kappa shape index (κ2) is 7.26. The van der Waals surface area contributed by atoms with Crippen LogP contribution in [-0.4, -0.2) is 46.4 Å². The van der Waals surface area contributed by atoms with Crippen molar-refractivity contribution in [2.45, 2.75) is 39.7 Å². The van der Waals surface area contributed by atoms with Gasteiger partial charge in [0, 0.05) is 18.5 Å². The second-order valence-corrected chi connectivity index (χ2v) is 8.52. The SMILES string of the molecule is CCOC(=O)c1ccc2nc(NC(=O)C3CC(=O)N(C(C)(C)C)C3)sc2c1. The third-order valence-corrected chi connectivity index (χ3v) is 5.37. The van der Waals surface area contributed by atoms with Gasteiger partial charge in [0.15, 0.2) is 5.13 Å². The molecule has 0 saturated carbocycles. The van der Waals surface area contributed by atoms with Gasteiger partial charge in [0.25, 0.3) is 0 Å². The third kappa shape index (κ3) is 4.10. The summed E-state index contributed by atoms with van der Waals surface area (Å²) >= 11 is 1.29. The highest BCUT2D eigenvalue weighted by atomic mass is 32.1. The fraction of sp³-hybridized carbons (Fsp3) is 0.474. The summed E-state index contributed by atoms with van der Waals surface area (Å²) in [5, 5.41) is 3.27. The van der Waals surface area contributed by atoms with Crippen molar-refractivity contribution < 1.29 is 19.1 Å². The monoisotopic (exact) mass is 389 g/mol. The van der Waals surface area contributed by atoms with Crippen LogP contribution in [0.1, 0.15) is 44.5 Å². The summed E-state index contributed by atoms with van der Waals surface area (Å²) in [6.07, 6.45) is 0.209. The lowest BCUT2D eigenvalue weighted by atomic mass is 10.1. The maximum Gasteiger partial charge on any atom is 0.338 e. The molecule has 2 heterocycles. The molecule has 0 spiro atoms. The third-order valence-electron chi connectivity index (χ3n) is 4.44. The standard InChI is InChI=1S/C19H23N3O4S/c1-5-26-17(25)11-6-7-13-14(8-11)27-18(20-13)21-16(24)12-9-15(23)22(10-12)19(2,3)4/h6-8,12H,5,9-10H2,1-4H3,(H,20,21,24). The van der Waals surface area contributed by atoms with Gasteiger partial charge in [-0.2, -0.15) is 0 Å². The molecule has 0 bridgehead atoms. The molecule has 7 nitrogen and oxygen atoms in total. The van der Waals surface area contributed by atoms with Crippen molar-refractivity contribution in [3.8, 4) is 0 Å². The van der Waals surface area contributed by atoms with Gasteiger partial charge in [0.05, 0.1) is 28.3 Å². The molecule has 1 saturated heterocycles. The Bertz CT molecular complexity index is 900. The van der Waals surface area contributed by atoms with Crippen LogP contribution in [0.3, 0.4) is 0 Å². The van der Waals surface area contributed by atoms with Gasteiger partial charge in [0.2, 0.25) is 11.8 Å². The Kier molecular flexibility index (Phi) is 5.19. The molecule has 3 rings (SSSR count). The van der Waals surface area contributed by atoms with Crippen LogP contribution in [-0.2, 0) is 14.3 Å². The first-order chi connectivity index (χ1) is 12.7. The summed E-state index contributed by atoms with van der Waals surface area (Å²) in [5.74, 6) is -0.991. The highest BCUT2D eigenvalue weighted by Crippen LogP contribution is 2.30. The average Bonchev–Trinajstić information content (AvgIpc) is 3.16. The number of anilines is 1. The van der Waals surface area contributed by atoms with Gasteiger partial charge in [-0.1, -0.05) is 11.3 Å². The van der Waals surface area contributed by atoms with Gasteiger partial charge in [-0.15, -0.1) is 0 Å². The number of ether oxygens (including phenoxy) is 1. The van der Waals surface area contributed by atoms with Crippen LogP contribution in [0.2, 0.25) is 0 Å². The number of benzene rings is 1. The van der Waals surface area contributed by atoms with E-state index in [-0.39, 0.29) is 35.7 Å². The van der Waals surface area contributed by atoms with E-state index in [2.05, 4.69) is 10.3 Å². The van der Waals surface area contributed by atoms with Gasteiger partial charge in [-0.3, -0.25) is 9.59 Å². The van der Waals surface area contributed by atoms with Crippen LogP contribution in [0.25, 0.3) is 10.2 Å². The maximum atomic E-state index is 12.6. The molecule has 1 aromatic heterocycles. The van der Waals surface area contributed by atoms with Crippen molar-refractivity contribution in [2.24, 2.45) is 5.92 Å². The molecule has 0 aliphatic carbocycles. The zero-order valence-electron chi connectivity index (χ0n) is 15.9. The van der Waals surface area contributed by atoms with Gasteiger partial charge >= 0.3 is 5.97 Å². The number of likely N-dealkylation sites (tertiary alicyclic amines) is 1. The normalized spacial score (nSPS) is 17.4. The quantitative estimate of drug-likeness (QED) is 0.812. The number of carbonyl (C=O) groups is 3. The van der Waals surface area contributed by atoms with Crippen molar-refractivity contribution >= 4 is 44.5 Å². The van der Waals surface area contributed by atoms with Crippen LogP contribution < -0.4 is 5.32 Å². The van der Waals surface area contributed by atoms with Crippen molar-refractivity contribution in [3.05, 3.63) is 23.8 Å². The zero-order valence-corrected chi connectivity index (χ0v) is 16.7. The zero-order chi connectivity index (χ0) is 19.8. The Morgan fingerprint density at radius 2 is 2.11 bits per heavy atom. The number of carbonyl (C=O) groups excluding carboxylic acids is 3. The summed E-state index contributed by atoms with van der Waals surface area (Å²) in [4.78, 5) is 42.7. The number of nitrogens with zero attached hydrogens (tertiary/aromatic N) is 2. The van der Waals surface area contributed by atoms with Crippen LogP contribution >= 0.6 is 11.3 Å². The van der Waals surface area contributed by atoms with Gasteiger partial charge in [-0.25, -0.2) is 9.78 Å². The number of fused-ring (bicyclic) bond motifs is 1. The second-order valence-electron chi connectivity index (χ2n) is 7.49. The molecule has 1 fully saturated rings. The van der Waals surface area contributed by atoms with E-state index in [4.69, 9.17) is 4.74 Å². The number of nitrogens with one attached hydrogen (secondary N) is 1. The Labute approximate surface area is 161 Å². The molecule has 1 N–H and O–H groups in total. The van der Waals surface area contributed by atoms with Crippen molar-refractivity contribution in [3.63, 3.8) is 0 Å². The fourth-order valence-electron chi connectivity index (χ4n) is 3.06. The lowest BCUT2D eigenvalue weighted by Gasteiger charge is -2.31. The number of aromatic nitrogens is 1. The first-order valence-electron chi connectivity index (χ1n) is 8.88. The minimum atomic E-state index is -0.390. The average molecular weight is 389 g/mol. The van der Waals surface area contributed by atoms with E-state index in [9.17, 15) is 14.4 Å². The highest BCUT2D eigenvalue weighted by Gasteiger charge is 2.39. The lowest BCUT2D eigenvalue weighted by molar-refractivity contribution is -0.131. The number of hydrogen-bond donors (Lipinski definition) is 1. The molecule has 1 aromatic carbocycles. The molecule has 2 aromatic rings. The van der Waals surface area contributed by atoms with Gasteiger partial charge in [-0.05, 0) is 45.9 Å². The summed E-state index contributed by atoms with van der Waals surface area (Å²) in [6, 6.07) is 5.09. The van der Waals surface area contributed by atoms with Crippen molar-refractivity contribution in [2.75, 3.05) is 18.5 Å². The van der Waals surface area contributed by atoms with Crippen molar-refractivity contribution in [1.82, 2.24) is 9.88 Å². The molecule has 27 heavy (non-hydrogen) atoms. The molecule has 1 unspecified atom stereocenters. The number of rotatable bonds is 4. The van der Waals surface area contributed by atoms with Crippen LogP contribution in [0.5, 0.6) is 0 Å². The lowest BCUT2D eigenvalue weighted by Crippen LogP contribution is -2.42. The maximum absolute atomic E-state index is 12.6. The van der Waals surface area contributed by atoms with Gasteiger partial charge < -0.3 is 15.0 Å². The Morgan fingerprint density at radius 3 is 2.74 bits per heavy atom. The number of hydrogen-bond acceptors (Lipinski definition) is 6. The number of amides is 2. The largest absolute Gasteiger partial charge is 0.462 e. The van der Waals surface area contributed by atoms with E-state index in [0.29, 0.717) is 29.4 Å². The van der Waals surface area contributed by atoms with E-state index in [1.807, 2.05) is 20.8 Å². The smallest absolute Gasteiger partial charge is 0.338 e. The fourth-order valence-corrected chi connectivity index (χ4v) is 3.97. The molecule has 1 aliphatic heterocycles. The van der Waals surface area contributed by atoms with Crippen molar-refractivity contribution in [1.29, 1.82) is 0 Å². The molecule has 144 valence electrons. The summed E-state index contributed by atoms with van der Waals surface area (Å²) in [6.45, 7) is 8.35. The molecule has 1 aliphatic rings. The van der Waals surface area contributed by atoms with Crippen LogP contribution in [0.4, 0.5) is 5.13 Å². The topological polar surface area (TPSA) is 88.6 Å². The summed E-state index contributed by atoms with van der Waals surface area (Å²) < 4.78 is 5.79.